The Morgan fingerprint density at radius 1 is 0.483 bits per heavy atom. The van der Waals surface area contributed by atoms with Gasteiger partial charge in [0.05, 0.1) is 0 Å². The zero-order valence-electron chi connectivity index (χ0n) is 15.7. The predicted octanol–water partition coefficient (Wildman–Crippen LogP) is 7.18. The summed E-state index contributed by atoms with van der Waals surface area (Å²) in [6.45, 7) is 0. The van der Waals surface area contributed by atoms with Crippen LogP contribution in [0.1, 0.15) is 5.56 Å². The minimum atomic E-state index is -3.44. The first-order chi connectivity index (χ1) is 14.0. The first-order valence-electron chi connectivity index (χ1n) is 9.36. The molecule has 0 heterocycles. The summed E-state index contributed by atoms with van der Waals surface area (Å²) in [6, 6.07) is 36.6. The molecule has 0 bridgehead atoms. The Bertz CT molecular complexity index is 993. The van der Waals surface area contributed by atoms with Gasteiger partial charge in [-0.1, -0.05) is 0 Å². The van der Waals surface area contributed by atoms with Gasteiger partial charge in [-0.2, -0.15) is 0 Å². The van der Waals surface area contributed by atoms with Crippen molar-refractivity contribution in [1.29, 1.82) is 0 Å². The summed E-state index contributed by atoms with van der Waals surface area (Å²) in [5.74, 6) is -3.44. The van der Waals surface area contributed by atoms with Crippen molar-refractivity contribution in [3.8, 4) is 0 Å². The van der Waals surface area contributed by atoms with Gasteiger partial charge in [0.2, 0.25) is 0 Å². The topological polar surface area (TPSA) is 0 Å². The average molecular weight is 458 g/mol. The van der Waals surface area contributed by atoms with Gasteiger partial charge < -0.3 is 0 Å². The minimum absolute atomic E-state index is 0.531. The molecule has 4 heteroatoms. The Morgan fingerprint density at radius 2 is 0.828 bits per heavy atom. The van der Waals surface area contributed by atoms with Crippen LogP contribution in [0, 0.1) is 0 Å². The van der Waals surface area contributed by atoms with Crippen molar-refractivity contribution in [2.75, 3.05) is 0 Å². The molecule has 0 saturated heterocycles. The van der Waals surface area contributed by atoms with E-state index in [1.165, 1.54) is 0 Å². The quantitative estimate of drug-likeness (QED) is 0.278. The zero-order chi connectivity index (χ0) is 20.3. The monoisotopic (exact) mass is 456 g/mol. The van der Waals surface area contributed by atoms with Crippen LogP contribution in [-0.2, 0) is 6.16 Å². The summed E-state index contributed by atoms with van der Waals surface area (Å²) in [4.78, 5) is 0. The molecule has 0 N–H and O–H groups in total. The van der Waals surface area contributed by atoms with Gasteiger partial charge in [-0.3, -0.25) is 0 Å². The first kappa shape index (κ1) is 20.5. The molecule has 0 nitrogen and oxygen atoms in total. The van der Waals surface area contributed by atoms with Crippen LogP contribution < -0.4 is 15.9 Å². The summed E-state index contributed by atoms with van der Waals surface area (Å²) in [7, 11) is 0. The van der Waals surface area contributed by atoms with Gasteiger partial charge in [-0.15, -0.1) is 0 Å². The zero-order valence-corrected chi connectivity index (χ0v) is 18.8. The van der Waals surface area contributed by atoms with Crippen LogP contribution in [0.2, 0.25) is 10.0 Å². The van der Waals surface area contributed by atoms with Crippen molar-refractivity contribution in [2.45, 2.75) is 6.16 Å². The summed E-state index contributed by atoms with van der Waals surface area (Å²) in [6.07, 6.45) is 0.531. The number of halogens is 3. The van der Waals surface area contributed by atoms with E-state index >= 15 is 0 Å². The van der Waals surface area contributed by atoms with E-state index in [0.717, 1.165) is 21.5 Å². The van der Waals surface area contributed by atoms with Gasteiger partial charge in [0.1, 0.15) is 0 Å². The Labute approximate surface area is 186 Å². The molecule has 0 saturated carbocycles. The molecule has 0 atom stereocenters. The summed E-state index contributed by atoms with van der Waals surface area (Å²) >= 11 is 21.3. The van der Waals surface area contributed by atoms with Crippen LogP contribution in [0.4, 0.5) is 0 Å². The number of hydrogen-bond acceptors (Lipinski definition) is 0. The van der Waals surface area contributed by atoms with Crippen molar-refractivity contribution in [2.24, 2.45) is 0 Å². The van der Waals surface area contributed by atoms with Gasteiger partial charge in [0.25, 0.3) is 0 Å². The third-order valence-electron chi connectivity index (χ3n) is 5.40. The van der Waals surface area contributed by atoms with E-state index in [1.807, 2.05) is 72.8 Å². The van der Waals surface area contributed by atoms with Crippen molar-refractivity contribution in [3.63, 3.8) is 0 Å². The Kier molecular flexibility index (Phi) is 5.74. The van der Waals surface area contributed by atoms with E-state index in [0.29, 0.717) is 16.2 Å². The van der Waals surface area contributed by atoms with Crippen LogP contribution in [0.15, 0.2) is 109 Å². The van der Waals surface area contributed by atoms with E-state index in [-0.39, 0.29) is 0 Å². The fraction of sp³-hybridized carbons (Fsp3) is 0.0400. The Morgan fingerprint density at radius 3 is 1.17 bits per heavy atom. The van der Waals surface area contributed by atoms with E-state index in [4.69, 9.17) is 34.4 Å². The molecular weight excluding hydrogens is 438 g/mol. The van der Waals surface area contributed by atoms with Crippen molar-refractivity contribution in [3.05, 3.63) is 125 Å². The molecule has 0 amide bonds. The summed E-state index contributed by atoms with van der Waals surface area (Å²) < 4.78 is 0. The van der Waals surface area contributed by atoms with E-state index < -0.39 is 5.96 Å². The second kappa shape index (κ2) is 8.13. The number of rotatable bonds is 5. The fourth-order valence-corrected chi connectivity index (χ4v) is 10.8. The standard InChI is InChI=1S/C25H20Cl3P/c26-24-17-10-18-25(27)23(24)19-29(28,20-11-4-1-5-12-20,21-13-6-2-7-14-21)22-15-8-3-9-16-22/h1-18H,19H2. The molecule has 0 aromatic heterocycles. The van der Waals surface area contributed by atoms with Crippen molar-refractivity contribution < 1.29 is 0 Å². The normalized spacial score (nSPS) is 12.9. The second-order valence-corrected chi connectivity index (χ2v) is 14.3. The van der Waals surface area contributed by atoms with Crippen LogP contribution in [0.3, 0.4) is 0 Å². The average Bonchev–Trinajstić information content (AvgIpc) is 2.78. The third kappa shape index (κ3) is 3.49. The maximum absolute atomic E-state index is 8.07. The molecule has 146 valence electrons. The molecule has 4 aromatic rings. The van der Waals surface area contributed by atoms with E-state index in [2.05, 4.69) is 36.4 Å². The molecule has 0 unspecified atom stereocenters. The van der Waals surface area contributed by atoms with Crippen LogP contribution in [0.5, 0.6) is 0 Å². The number of benzene rings is 4. The summed E-state index contributed by atoms with van der Waals surface area (Å²) in [5, 5.41) is 4.54. The van der Waals surface area contributed by atoms with Crippen LogP contribution >= 0.6 is 40.4 Å². The molecule has 0 aliphatic carbocycles. The molecule has 4 rings (SSSR count). The van der Waals surface area contributed by atoms with E-state index in [9.17, 15) is 0 Å². The molecule has 0 spiro atoms. The molecule has 29 heavy (non-hydrogen) atoms. The number of hydrogen-bond donors (Lipinski definition) is 0. The molecule has 0 fully saturated rings. The van der Waals surface area contributed by atoms with Crippen molar-refractivity contribution in [1.82, 2.24) is 0 Å². The Balaban J connectivity index is 2.13. The molecule has 4 aromatic carbocycles. The van der Waals surface area contributed by atoms with Gasteiger partial charge in [-0.25, -0.2) is 0 Å². The Hall–Kier alpha value is -1.82. The predicted molar refractivity (Wildman–Crippen MR) is 131 cm³/mol. The van der Waals surface area contributed by atoms with Crippen molar-refractivity contribution >= 4 is 56.3 Å². The van der Waals surface area contributed by atoms with Crippen LogP contribution in [-0.4, -0.2) is 0 Å². The molecule has 0 radical (unpaired) electrons. The van der Waals surface area contributed by atoms with Crippen LogP contribution in [0.25, 0.3) is 0 Å². The first-order valence-corrected chi connectivity index (χ1v) is 13.4. The molecular formula is C25H20Cl3P. The second-order valence-electron chi connectivity index (χ2n) is 7.05. The van der Waals surface area contributed by atoms with E-state index in [1.54, 1.807) is 0 Å². The fourth-order valence-electron chi connectivity index (χ4n) is 3.92. The maximum atomic E-state index is 8.07. The SMILES string of the molecule is Clc1cccc(Cl)c1CP(Cl)(c1ccccc1)(c1ccccc1)c1ccccc1. The third-order valence-corrected chi connectivity index (χ3v) is 13.3. The van der Waals surface area contributed by atoms with Gasteiger partial charge in [0.15, 0.2) is 0 Å². The summed E-state index contributed by atoms with van der Waals surface area (Å²) in [5.41, 5.74) is 0.875. The van der Waals surface area contributed by atoms with Gasteiger partial charge >= 0.3 is 187 Å². The molecule has 0 aliphatic heterocycles. The molecule has 0 aliphatic rings. The van der Waals surface area contributed by atoms with Gasteiger partial charge in [0, 0.05) is 0 Å². The van der Waals surface area contributed by atoms with Gasteiger partial charge in [-0.05, 0) is 0 Å².